The molecule has 1 aliphatic heterocycles. The second-order valence-electron chi connectivity index (χ2n) is 11.1. The zero-order valence-corrected chi connectivity index (χ0v) is 24.1. The largest absolute Gasteiger partial charge is 0.355 e. The number of aromatic nitrogens is 4. The summed E-state index contributed by atoms with van der Waals surface area (Å²) in [5, 5.41) is 24.5. The average molecular weight is 559 g/mol. The highest BCUT2D eigenvalue weighted by atomic mass is 16.2. The number of H-pyrrole nitrogens is 1. The highest BCUT2D eigenvalue weighted by Gasteiger charge is 2.45. The van der Waals surface area contributed by atoms with Crippen molar-refractivity contribution in [3.05, 3.63) is 75.6 Å². The maximum atomic E-state index is 13.0. The van der Waals surface area contributed by atoms with E-state index in [1.165, 1.54) is 0 Å². The second kappa shape index (κ2) is 11.8. The summed E-state index contributed by atoms with van der Waals surface area (Å²) in [6.07, 6.45) is 3.92. The van der Waals surface area contributed by atoms with Gasteiger partial charge < -0.3 is 20.9 Å². The van der Waals surface area contributed by atoms with Gasteiger partial charge in [0, 0.05) is 43.9 Å². The lowest BCUT2D eigenvalue weighted by Crippen LogP contribution is -2.45. The van der Waals surface area contributed by atoms with Crippen molar-refractivity contribution in [3.8, 4) is 0 Å². The molecule has 1 aromatic heterocycles. The Morgan fingerprint density at radius 1 is 1.02 bits per heavy atom. The van der Waals surface area contributed by atoms with Crippen LogP contribution >= 0.6 is 0 Å². The number of likely N-dealkylation sites (tertiary alicyclic amines) is 1. The lowest BCUT2D eigenvalue weighted by Gasteiger charge is -2.36. The normalized spacial score (nSPS) is 18.1. The van der Waals surface area contributed by atoms with E-state index in [2.05, 4.69) is 50.4 Å². The van der Waals surface area contributed by atoms with Crippen molar-refractivity contribution in [3.63, 3.8) is 0 Å². The number of carbonyl (C=O) groups excluding carboxylic acids is 3. The van der Waals surface area contributed by atoms with Crippen molar-refractivity contribution in [1.82, 2.24) is 41.5 Å². The Hall–Kier alpha value is -4.12. The third-order valence-electron chi connectivity index (χ3n) is 8.59. The van der Waals surface area contributed by atoms with Crippen molar-refractivity contribution in [2.45, 2.75) is 63.5 Å². The summed E-state index contributed by atoms with van der Waals surface area (Å²) in [6, 6.07) is 11.6. The van der Waals surface area contributed by atoms with Crippen molar-refractivity contribution in [2.24, 2.45) is 0 Å². The Labute approximate surface area is 239 Å². The lowest BCUT2D eigenvalue weighted by molar-refractivity contribution is -0.130. The van der Waals surface area contributed by atoms with Crippen molar-refractivity contribution >= 4 is 17.7 Å². The maximum Gasteiger partial charge on any atom is 0.251 e. The van der Waals surface area contributed by atoms with Crippen LogP contribution in [0.4, 0.5) is 0 Å². The predicted molar refractivity (Wildman–Crippen MR) is 154 cm³/mol. The minimum Gasteiger partial charge on any atom is -0.355 e. The molecule has 4 N–H and O–H groups in total. The molecule has 2 heterocycles. The topological polar surface area (TPSA) is 145 Å². The molecule has 0 radical (unpaired) electrons. The predicted octanol–water partition coefficient (Wildman–Crippen LogP) is 1.73. The Bertz CT molecular complexity index is 1370. The van der Waals surface area contributed by atoms with Gasteiger partial charge in [-0.25, -0.2) is 0 Å². The number of aryl methyl sites for hydroxylation is 2. The number of amides is 3. The molecule has 0 unspecified atom stereocenters. The summed E-state index contributed by atoms with van der Waals surface area (Å²) in [5.74, 6) is 0.274. The first kappa shape index (κ1) is 28.4. The number of fused-ring (bicyclic) bond motifs is 2. The van der Waals surface area contributed by atoms with E-state index in [-0.39, 0.29) is 36.3 Å². The number of nitrogens with one attached hydrogen (secondary N) is 4. The van der Waals surface area contributed by atoms with Crippen LogP contribution in [0.3, 0.4) is 0 Å². The van der Waals surface area contributed by atoms with E-state index >= 15 is 0 Å². The number of benzene rings is 2. The van der Waals surface area contributed by atoms with E-state index in [1.807, 2.05) is 41.3 Å². The van der Waals surface area contributed by atoms with E-state index in [4.69, 9.17) is 0 Å². The Balaban J connectivity index is 1.60. The molecule has 216 valence electrons. The first-order valence-electron chi connectivity index (χ1n) is 14.3. The van der Waals surface area contributed by atoms with E-state index in [9.17, 15) is 14.4 Å². The molecule has 1 saturated heterocycles. The SMILES string of the molecule is CNC(=O)c1ccc2c(c1)CCc1cc(C(=O)NC)ccc1C2(C[C@H](C)NCC(=O)N1CCC[C@H]1C)c1nn[nH]n1. The van der Waals surface area contributed by atoms with Crippen LogP contribution < -0.4 is 16.0 Å². The highest BCUT2D eigenvalue weighted by Crippen LogP contribution is 2.47. The molecule has 11 heteroatoms. The Morgan fingerprint density at radius 3 is 2.12 bits per heavy atom. The van der Waals surface area contributed by atoms with Crippen LogP contribution in [0.15, 0.2) is 36.4 Å². The lowest BCUT2D eigenvalue weighted by atomic mass is 9.67. The molecule has 0 saturated carbocycles. The number of hydrogen-bond donors (Lipinski definition) is 4. The quantitative estimate of drug-likeness (QED) is 0.330. The fraction of sp³-hybridized carbons (Fsp3) is 0.467. The molecule has 0 bridgehead atoms. The van der Waals surface area contributed by atoms with Crippen LogP contribution in [-0.2, 0) is 23.1 Å². The molecular weight excluding hydrogens is 520 g/mol. The number of carbonyl (C=O) groups is 3. The van der Waals surface area contributed by atoms with Gasteiger partial charge in [0.25, 0.3) is 11.8 Å². The smallest absolute Gasteiger partial charge is 0.251 e. The molecule has 2 aliphatic rings. The molecule has 11 nitrogen and oxygen atoms in total. The number of rotatable bonds is 8. The van der Waals surface area contributed by atoms with E-state index in [0.717, 1.165) is 41.6 Å². The van der Waals surface area contributed by atoms with Crippen molar-refractivity contribution in [2.75, 3.05) is 27.2 Å². The van der Waals surface area contributed by atoms with Crippen LogP contribution in [0.5, 0.6) is 0 Å². The van der Waals surface area contributed by atoms with Crippen LogP contribution in [0, 0.1) is 0 Å². The highest BCUT2D eigenvalue weighted by molar-refractivity contribution is 5.95. The minimum atomic E-state index is -0.854. The van der Waals surface area contributed by atoms with Crippen molar-refractivity contribution in [1.29, 1.82) is 0 Å². The maximum absolute atomic E-state index is 13.0. The van der Waals surface area contributed by atoms with Crippen LogP contribution in [0.25, 0.3) is 0 Å². The molecule has 3 amide bonds. The number of tetrazole rings is 1. The average Bonchev–Trinajstić information content (AvgIpc) is 3.67. The van der Waals surface area contributed by atoms with Gasteiger partial charge in [-0.1, -0.05) is 17.3 Å². The summed E-state index contributed by atoms with van der Waals surface area (Å²) < 4.78 is 0. The van der Waals surface area contributed by atoms with Crippen LogP contribution in [-0.4, -0.2) is 82.5 Å². The fourth-order valence-corrected chi connectivity index (χ4v) is 6.51. The number of nitrogens with zero attached hydrogens (tertiary/aromatic N) is 4. The van der Waals surface area contributed by atoms with Gasteiger partial charge in [-0.3, -0.25) is 14.4 Å². The van der Waals surface area contributed by atoms with Gasteiger partial charge in [0.1, 0.15) is 0 Å². The molecule has 41 heavy (non-hydrogen) atoms. The van der Waals surface area contributed by atoms with Crippen LogP contribution in [0.2, 0.25) is 0 Å². The molecule has 3 aromatic rings. The molecule has 0 spiro atoms. The summed E-state index contributed by atoms with van der Waals surface area (Å²) in [6.45, 7) is 5.19. The summed E-state index contributed by atoms with van der Waals surface area (Å²) in [7, 11) is 3.23. The molecule has 5 rings (SSSR count). The molecular formula is C30H38N8O3. The first-order valence-corrected chi connectivity index (χ1v) is 14.3. The molecule has 1 fully saturated rings. The van der Waals surface area contributed by atoms with Gasteiger partial charge in [-0.15, -0.1) is 10.2 Å². The zero-order chi connectivity index (χ0) is 29.1. The standard InChI is InChI=1S/C30H38N8O3/c1-18(33-17-26(39)38-13-5-6-19(38)2)16-30(29-34-36-37-35-29)24-11-9-22(27(40)31-3)14-20(24)7-8-21-15-23(28(41)32-4)10-12-25(21)30/h9-12,14-15,18-19,33H,5-8,13,16-17H2,1-4H3,(H,31,40)(H,32,41)(H,34,35,36,37)/t18-,19+/m0/s1. The number of hydrogen-bond acceptors (Lipinski definition) is 7. The molecule has 1 aliphatic carbocycles. The van der Waals surface area contributed by atoms with Crippen LogP contribution in [0.1, 0.15) is 81.9 Å². The van der Waals surface area contributed by atoms with Gasteiger partial charge in [-0.05, 0) is 92.5 Å². The first-order chi connectivity index (χ1) is 19.8. The minimum absolute atomic E-state index is 0.0996. The molecule has 2 atom stereocenters. The van der Waals surface area contributed by atoms with Gasteiger partial charge in [-0.2, -0.15) is 5.21 Å². The summed E-state index contributed by atoms with van der Waals surface area (Å²) in [5.41, 5.74) is 4.25. The van der Waals surface area contributed by atoms with Gasteiger partial charge in [0.2, 0.25) is 5.91 Å². The number of aromatic amines is 1. The van der Waals surface area contributed by atoms with E-state index in [0.29, 0.717) is 36.2 Å². The van der Waals surface area contributed by atoms with E-state index < -0.39 is 5.41 Å². The summed E-state index contributed by atoms with van der Waals surface area (Å²) in [4.78, 5) is 40.1. The summed E-state index contributed by atoms with van der Waals surface area (Å²) >= 11 is 0. The third kappa shape index (κ3) is 5.33. The van der Waals surface area contributed by atoms with Gasteiger partial charge in [0.05, 0.1) is 12.0 Å². The van der Waals surface area contributed by atoms with Crippen molar-refractivity contribution < 1.29 is 14.4 Å². The third-order valence-corrected chi connectivity index (χ3v) is 8.59. The molecule has 2 aromatic carbocycles. The Morgan fingerprint density at radius 2 is 1.63 bits per heavy atom. The van der Waals surface area contributed by atoms with Gasteiger partial charge >= 0.3 is 0 Å². The van der Waals surface area contributed by atoms with Gasteiger partial charge in [0.15, 0.2) is 5.82 Å². The monoisotopic (exact) mass is 558 g/mol. The second-order valence-corrected chi connectivity index (χ2v) is 11.1. The fourth-order valence-electron chi connectivity index (χ4n) is 6.51. The Kier molecular flexibility index (Phi) is 8.16. The van der Waals surface area contributed by atoms with E-state index in [1.54, 1.807) is 14.1 Å². The zero-order valence-electron chi connectivity index (χ0n) is 24.1.